The van der Waals surface area contributed by atoms with Gasteiger partial charge in [-0.15, -0.1) is 0 Å². The van der Waals surface area contributed by atoms with Crippen LogP contribution in [0.4, 0.5) is 0 Å². The van der Waals surface area contributed by atoms with Gasteiger partial charge in [-0.05, 0) is 54.6 Å². The Hall–Kier alpha value is -3.38. The molecule has 0 amide bonds. The molecule has 6 heteroatoms. The van der Waals surface area contributed by atoms with Crippen LogP contribution in [0.2, 0.25) is 0 Å². The molecule has 0 fully saturated rings. The molecule has 28 heavy (non-hydrogen) atoms. The summed E-state index contributed by atoms with van der Waals surface area (Å²) in [4.78, 5) is 18.1. The van der Waals surface area contributed by atoms with Crippen LogP contribution in [0.5, 0.6) is 0 Å². The molecular weight excluding hydrogens is 370 g/mol. The van der Waals surface area contributed by atoms with Crippen molar-refractivity contribution in [2.24, 2.45) is 0 Å². The van der Waals surface area contributed by atoms with Crippen LogP contribution >= 0.6 is 11.8 Å². The first-order chi connectivity index (χ1) is 13.7. The number of carbonyl (C=O) groups is 1. The zero-order chi connectivity index (χ0) is 19.3. The molecule has 5 nitrogen and oxygen atoms in total. The minimum absolute atomic E-state index is 0.340. The lowest BCUT2D eigenvalue weighted by Crippen LogP contribution is -2.02. The van der Waals surface area contributed by atoms with Crippen molar-refractivity contribution in [2.45, 2.75) is 9.79 Å². The van der Waals surface area contributed by atoms with Crippen molar-refractivity contribution in [2.75, 3.05) is 7.11 Å². The van der Waals surface area contributed by atoms with Gasteiger partial charge in [0.15, 0.2) is 0 Å². The van der Waals surface area contributed by atoms with E-state index in [1.165, 1.54) is 18.9 Å². The average Bonchev–Trinajstić information content (AvgIpc) is 3.15. The first-order valence-corrected chi connectivity index (χ1v) is 9.49. The summed E-state index contributed by atoms with van der Waals surface area (Å²) in [6.45, 7) is 0. The number of ether oxygens (including phenoxy) is 1. The second kappa shape index (κ2) is 8.10. The molecule has 0 spiro atoms. The number of nitrogens with one attached hydrogen (secondary N) is 1. The number of nitrogens with zero attached hydrogens (tertiary/aromatic N) is 2. The molecule has 0 aliphatic heterocycles. The number of pyridine rings is 1. The average molecular weight is 387 g/mol. The molecule has 4 aromatic rings. The monoisotopic (exact) mass is 387 g/mol. The van der Waals surface area contributed by atoms with Gasteiger partial charge in [-0.2, -0.15) is 5.10 Å². The van der Waals surface area contributed by atoms with E-state index in [1.807, 2.05) is 66.7 Å². The molecule has 1 N–H and O–H groups in total. The van der Waals surface area contributed by atoms with Crippen LogP contribution in [0.25, 0.3) is 23.1 Å². The van der Waals surface area contributed by atoms with Crippen LogP contribution in [0.1, 0.15) is 21.7 Å². The van der Waals surface area contributed by atoms with Gasteiger partial charge >= 0.3 is 5.97 Å². The highest BCUT2D eigenvalue weighted by Crippen LogP contribution is 2.33. The van der Waals surface area contributed by atoms with Gasteiger partial charge in [-0.25, -0.2) is 4.79 Å². The molecule has 0 saturated carbocycles. The number of fused-ring (bicyclic) bond motifs is 1. The third-order valence-electron chi connectivity index (χ3n) is 4.18. The second-order valence-corrected chi connectivity index (χ2v) is 7.11. The summed E-state index contributed by atoms with van der Waals surface area (Å²) in [5.74, 6) is -0.340. The minimum atomic E-state index is -0.340. The highest BCUT2D eigenvalue weighted by Gasteiger charge is 2.13. The summed E-state index contributed by atoms with van der Waals surface area (Å²) in [7, 11) is 1.39. The molecule has 0 unspecified atom stereocenters. The van der Waals surface area contributed by atoms with Gasteiger partial charge in [-0.3, -0.25) is 10.1 Å². The fourth-order valence-electron chi connectivity index (χ4n) is 2.81. The lowest BCUT2D eigenvalue weighted by Gasteiger charge is -2.07. The maximum atomic E-state index is 12.0. The fourth-order valence-corrected chi connectivity index (χ4v) is 3.79. The standard InChI is InChI=1S/C22H17N3O2S/c1-27-22(26)18-7-2-3-8-21(18)28-16-10-11-17-19(24-25-20(17)14-16)12-9-15-6-4-5-13-23-15/h2-14H,1H3,(H,24,25)/b12-9+. The van der Waals surface area contributed by atoms with Gasteiger partial charge in [0.1, 0.15) is 0 Å². The number of aromatic amines is 1. The Labute approximate surface area is 166 Å². The summed E-state index contributed by atoms with van der Waals surface area (Å²) in [5.41, 5.74) is 3.22. The number of benzene rings is 2. The number of hydrogen-bond acceptors (Lipinski definition) is 5. The van der Waals surface area contributed by atoms with Gasteiger partial charge in [-0.1, -0.05) is 30.0 Å². The third kappa shape index (κ3) is 3.82. The quantitative estimate of drug-likeness (QED) is 0.485. The lowest BCUT2D eigenvalue weighted by atomic mass is 10.2. The number of methoxy groups -OCH3 is 1. The van der Waals surface area contributed by atoms with E-state index in [-0.39, 0.29) is 5.97 Å². The summed E-state index contributed by atoms with van der Waals surface area (Å²) in [6, 6.07) is 19.3. The van der Waals surface area contributed by atoms with Crippen LogP contribution in [0.15, 0.2) is 76.7 Å². The highest BCUT2D eigenvalue weighted by molar-refractivity contribution is 7.99. The predicted octanol–water partition coefficient (Wildman–Crippen LogP) is 5.07. The van der Waals surface area contributed by atoms with Crippen molar-refractivity contribution in [3.05, 3.63) is 83.8 Å². The first-order valence-electron chi connectivity index (χ1n) is 8.67. The Kier molecular flexibility index (Phi) is 5.21. The van der Waals surface area contributed by atoms with E-state index in [1.54, 1.807) is 12.3 Å². The van der Waals surface area contributed by atoms with Crippen LogP contribution in [0.3, 0.4) is 0 Å². The summed E-state index contributed by atoms with van der Waals surface area (Å²) >= 11 is 1.52. The van der Waals surface area contributed by atoms with E-state index in [0.29, 0.717) is 5.56 Å². The SMILES string of the molecule is COC(=O)c1ccccc1Sc1ccc2c(/C=C/c3ccccn3)n[nH]c2c1. The van der Waals surface area contributed by atoms with Crippen LogP contribution in [-0.4, -0.2) is 28.3 Å². The van der Waals surface area contributed by atoms with Gasteiger partial charge < -0.3 is 4.74 Å². The van der Waals surface area contributed by atoms with Crippen molar-refractivity contribution in [3.63, 3.8) is 0 Å². The number of aromatic nitrogens is 3. The van der Waals surface area contributed by atoms with E-state index in [2.05, 4.69) is 15.2 Å². The normalized spacial score (nSPS) is 11.2. The molecule has 0 saturated heterocycles. The predicted molar refractivity (Wildman–Crippen MR) is 111 cm³/mol. The first kappa shape index (κ1) is 18.0. The lowest BCUT2D eigenvalue weighted by molar-refractivity contribution is 0.0597. The Balaban J connectivity index is 1.60. The van der Waals surface area contributed by atoms with Crippen molar-refractivity contribution < 1.29 is 9.53 Å². The van der Waals surface area contributed by atoms with E-state index in [9.17, 15) is 4.79 Å². The van der Waals surface area contributed by atoms with Crippen molar-refractivity contribution in [1.29, 1.82) is 0 Å². The molecule has 138 valence electrons. The van der Waals surface area contributed by atoms with Crippen molar-refractivity contribution >= 4 is 40.8 Å². The Morgan fingerprint density at radius 1 is 1.07 bits per heavy atom. The summed E-state index contributed by atoms with van der Waals surface area (Å²) < 4.78 is 4.87. The molecule has 2 aromatic carbocycles. The Morgan fingerprint density at radius 3 is 2.75 bits per heavy atom. The van der Waals surface area contributed by atoms with Crippen LogP contribution in [0, 0.1) is 0 Å². The van der Waals surface area contributed by atoms with Crippen molar-refractivity contribution in [1.82, 2.24) is 15.2 Å². The zero-order valence-corrected chi connectivity index (χ0v) is 15.9. The Bertz CT molecular complexity index is 1150. The molecule has 0 aliphatic carbocycles. The van der Waals surface area contributed by atoms with Crippen LogP contribution < -0.4 is 0 Å². The summed E-state index contributed by atoms with van der Waals surface area (Å²) in [5, 5.41) is 8.49. The molecule has 0 atom stereocenters. The maximum absolute atomic E-state index is 12.0. The number of carbonyl (C=O) groups excluding carboxylic acids is 1. The number of rotatable bonds is 5. The molecular formula is C22H17N3O2S. The highest BCUT2D eigenvalue weighted by atomic mass is 32.2. The molecule has 2 aromatic heterocycles. The zero-order valence-electron chi connectivity index (χ0n) is 15.1. The van der Waals surface area contributed by atoms with Crippen LogP contribution in [-0.2, 0) is 4.74 Å². The molecule has 4 rings (SSSR count). The number of esters is 1. The van der Waals surface area contributed by atoms with Gasteiger partial charge in [0.25, 0.3) is 0 Å². The third-order valence-corrected chi connectivity index (χ3v) is 5.25. The van der Waals surface area contributed by atoms with Gasteiger partial charge in [0, 0.05) is 21.4 Å². The van der Waals surface area contributed by atoms with Gasteiger partial charge in [0.2, 0.25) is 0 Å². The topological polar surface area (TPSA) is 67.9 Å². The number of H-pyrrole nitrogens is 1. The van der Waals surface area contributed by atoms with E-state index >= 15 is 0 Å². The Morgan fingerprint density at radius 2 is 1.93 bits per heavy atom. The molecule has 0 radical (unpaired) electrons. The second-order valence-electron chi connectivity index (χ2n) is 5.99. The summed E-state index contributed by atoms with van der Waals surface area (Å²) in [6.07, 6.45) is 5.64. The van der Waals surface area contributed by atoms with E-state index in [4.69, 9.17) is 4.74 Å². The molecule has 0 aliphatic rings. The van der Waals surface area contributed by atoms with E-state index in [0.717, 1.165) is 32.1 Å². The fraction of sp³-hybridized carbons (Fsp3) is 0.0455. The largest absolute Gasteiger partial charge is 0.465 e. The minimum Gasteiger partial charge on any atom is -0.465 e. The molecule has 0 bridgehead atoms. The van der Waals surface area contributed by atoms with E-state index < -0.39 is 0 Å². The molecule has 2 heterocycles. The van der Waals surface area contributed by atoms with Crippen molar-refractivity contribution in [3.8, 4) is 0 Å². The maximum Gasteiger partial charge on any atom is 0.339 e. The number of hydrogen-bond donors (Lipinski definition) is 1. The smallest absolute Gasteiger partial charge is 0.339 e. The van der Waals surface area contributed by atoms with Gasteiger partial charge in [0.05, 0.1) is 29.6 Å².